The summed E-state index contributed by atoms with van der Waals surface area (Å²) in [6.07, 6.45) is 1.65. The van der Waals surface area contributed by atoms with Crippen LogP contribution in [0.3, 0.4) is 0 Å². The minimum absolute atomic E-state index is 0.168. The van der Waals surface area contributed by atoms with Gasteiger partial charge < -0.3 is 9.64 Å². The van der Waals surface area contributed by atoms with Crippen LogP contribution >= 0.6 is 0 Å². The lowest BCUT2D eigenvalue weighted by Crippen LogP contribution is -2.26. The van der Waals surface area contributed by atoms with Crippen LogP contribution < -0.4 is 4.74 Å². The second-order valence-electron chi connectivity index (χ2n) is 4.88. The minimum atomic E-state index is -0.310. The van der Waals surface area contributed by atoms with Crippen molar-refractivity contribution in [1.82, 2.24) is 4.90 Å². The van der Waals surface area contributed by atoms with E-state index in [2.05, 4.69) is 6.58 Å². The van der Waals surface area contributed by atoms with Crippen LogP contribution in [0.25, 0.3) is 0 Å². The van der Waals surface area contributed by atoms with Crippen molar-refractivity contribution < 1.29 is 13.9 Å². The van der Waals surface area contributed by atoms with Gasteiger partial charge in [-0.2, -0.15) is 0 Å². The van der Waals surface area contributed by atoms with Gasteiger partial charge in [-0.1, -0.05) is 30.9 Å². The molecule has 0 N–H and O–H groups in total. The third kappa shape index (κ3) is 3.95. The number of halogens is 1. The molecule has 0 bridgehead atoms. The first-order valence-corrected chi connectivity index (χ1v) is 6.94. The molecule has 0 saturated heterocycles. The summed E-state index contributed by atoms with van der Waals surface area (Å²) >= 11 is 0. The van der Waals surface area contributed by atoms with Gasteiger partial charge >= 0.3 is 0 Å². The van der Waals surface area contributed by atoms with Gasteiger partial charge in [0.25, 0.3) is 5.91 Å². The minimum Gasteiger partial charge on any atom is -0.490 e. The van der Waals surface area contributed by atoms with Gasteiger partial charge in [-0.25, -0.2) is 4.39 Å². The third-order valence-corrected chi connectivity index (χ3v) is 3.18. The number of carbonyl (C=O) groups excluding carboxylic acids is 1. The molecule has 0 fully saturated rings. The Bertz CT molecular complexity index is 652. The van der Waals surface area contributed by atoms with E-state index in [1.165, 1.54) is 11.0 Å². The lowest BCUT2D eigenvalue weighted by atomic mass is 10.1. The second-order valence-corrected chi connectivity index (χ2v) is 4.88. The predicted molar refractivity (Wildman–Crippen MR) is 84.3 cm³/mol. The van der Waals surface area contributed by atoms with Gasteiger partial charge in [-0.05, 0) is 30.3 Å². The van der Waals surface area contributed by atoms with Gasteiger partial charge in [0, 0.05) is 24.7 Å². The fourth-order valence-electron chi connectivity index (χ4n) is 2.02. The van der Waals surface area contributed by atoms with Gasteiger partial charge in [-0.15, -0.1) is 0 Å². The lowest BCUT2D eigenvalue weighted by Gasteiger charge is -2.18. The topological polar surface area (TPSA) is 29.5 Å². The van der Waals surface area contributed by atoms with Gasteiger partial charge in [-0.3, -0.25) is 4.79 Å². The monoisotopic (exact) mass is 299 g/mol. The maximum absolute atomic E-state index is 13.6. The standard InChI is InChI=1S/C18H18FNO2/c1-3-12-22-16-10-8-14(9-11-16)18(21)20(2)13-15-6-4-5-7-17(15)19/h3-11H,1,12-13H2,2H3. The molecule has 0 aromatic heterocycles. The molecule has 2 aromatic rings. The molecule has 114 valence electrons. The number of benzene rings is 2. The summed E-state index contributed by atoms with van der Waals surface area (Å²) < 4.78 is 19.0. The fraction of sp³-hybridized carbons (Fsp3) is 0.167. The van der Waals surface area contributed by atoms with Crippen molar-refractivity contribution in [2.24, 2.45) is 0 Å². The first-order chi connectivity index (χ1) is 10.6. The molecule has 0 aliphatic heterocycles. The van der Waals surface area contributed by atoms with E-state index in [0.29, 0.717) is 23.5 Å². The van der Waals surface area contributed by atoms with Gasteiger partial charge in [0.1, 0.15) is 18.2 Å². The lowest BCUT2D eigenvalue weighted by molar-refractivity contribution is 0.0784. The van der Waals surface area contributed by atoms with E-state index < -0.39 is 0 Å². The Balaban J connectivity index is 2.04. The summed E-state index contributed by atoms with van der Waals surface area (Å²) in [5, 5.41) is 0. The summed E-state index contributed by atoms with van der Waals surface area (Å²) in [5.74, 6) is 0.196. The zero-order valence-corrected chi connectivity index (χ0v) is 12.5. The quantitative estimate of drug-likeness (QED) is 0.762. The van der Waals surface area contributed by atoms with E-state index in [9.17, 15) is 9.18 Å². The average molecular weight is 299 g/mol. The molecule has 4 heteroatoms. The molecule has 0 radical (unpaired) electrons. The molecule has 0 atom stereocenters. The highest BCUT2D eigenvalue weighted by atomic mass is 19.1. The van der Waals surface area contributed by atoms with E-state index in [1.807, 2.05) is 0 Å². The van der Waals surface area contributed by atoms with Gasteiger partial charge in [0.05, 0.1) is 0 Å². The molecular weight excluding hydrogens is 281 g/mol. The number of nitrogens with zero attached hydrogens (tertiary/aromatic N) is 1. The average Bonchev–Trinajstić information content (AvgIpc) is 2.55. The molecule has 0 unspecified atom stereocenters. The van der Waals surface area contributed by atoms with Crippen molar-refractivity contribution in [1.29, 1.82) is 0 Å². The smallest absolute Gasteiger partial charge is 0.253 e. The molecular formula is C18H18FNO2. The van der Waals surface area contributed by atoms with E-state index >= 15 is 0 Å². The molecule has 2 aromatic carbocycles. The van der Waals surface area contributed by atoms with E-state index in [1.54, 1.807) is 55.6 Å². The zero-order valence-electron chi connectivity index (χ0n) is 12.5. The van der Waals surface area contributed by atoms with Crippen LogP contribution in [0, 0.1) is 5.82 Å². The molecule has 2 rings (SSSR count). The summed E-state index contributed by atoms with van der Waals surface area (Å²) in [6, 6.07) is 13.3. The molecule has 0 saturated carbocycles. The molecule has 1 amide bonds. The Morgan fingerprint density at radius 3 is 2.55 bits per heavy atom. The van der Waals surface area contributed by atoms with Crippen molar-refractivity contribution in [2.45, 2.75) is 6.54 Å². The van der Waals surface area contributed by atoms with Crippen molar-refractivity contribution >= 4 is 5.91 Å². The highest BCUT2D eigenvalue weighted by Crippen LogP contribution is 2.15. The first kappa shape index (κ1) is 15.8. The summed E-state index contributed by atoms with van der Waals surface area (Å²) in [7, 11) is 1.65. The Hall–Kier alpha value is -2.62. The summed E-state index contributed by atoms with van der Waals surface area (Å²) in [6.45, 7) is 4.21. The van der Waals surface area contributed by atoms with E-state index in [0.717, 1.165) is 0 Å². The molecule has 0 heterocycles. The predicted octanol–water partition coefficient (Wildman–Crippen LogP) is 3.66. The maximum Gasteiger partial charge on any atom is 0.253 e. The number of hydrogen-bond acceptors (Lipinski definition) is 2. The Morgan fingerprint density at radius 2 is 1.91 bits per heavy atom. The third-order valence-electron chi connectivity index (χ3n) is 3.18. The highest BCUT2D eigenvalue weighted by Gasteiger charge is 2.13. The maximum atomic E-state index is 13.6. The van der Waals surface area contributed by atoms with Crippen LogP contribution in [0.15, 0.2) is 61.2 Å². The van der Waals surface area contributed by atoms with Crippen molar-refractivity contribution in [2.75, 3.05) is 13.7 Å². The number of amides is 1. The van der Waals surface area contributed by atoms with Gasteiger partial charge in [0.15, 0.2) is 0 Å². The molecule has 0 spiro atoms. The molecule has 22 heavy (non-hydrogen) atoms. The normalized spacial score (nSPS) is 10.1. The molecule has 0 aliphatic rings. The zero-order chi connectivity index (χ0) is 15.9. The van der Waals surface area contributed by atoms with Crippen molar-refractivity contribution in [3.8, 4) is 5.75 Å². The Kier molecular flexibility index (Phi) is 5.31. The Labute approximate surface area is 129 Å². The largest absolute Gasteiger partial charge is 0.490 e. The number of rotatable bonds is 6. The SMILES string of the molecule is C=CCOc1ccc(C(=O)N(C)Cc2ccccc2F)cc1. The molecule has 0 aliphatic carbocycles. The van der Waals surface area contributed by atoms with Crippen LogP contribution in [0.4, 0.5) is 4.39 Å². The molecule has 3 nitrogen and oxygen atoms in total. The van der Waals surface area contributed by atoms with Crippen LogP contribution in [0.1, 0.15) is 15.9 Å². The highest BCUT2D eigenvalue weighted by molar-refractivity contribution is 5.94. The number of carbonyl (C=O) groups is 1. The van der Waals surface area contributed by atoms with Crippen molar-refractivity contribution in [3.05, 3.63) is 78.1 Å². The summed E-state index contributed by atoms with van der Waals surface area (Å²) in [5.41, 5.74) is 1.02. The fourth-order valence-corrected chi connectivity index (χ4v) is 2.02. The first-order valence-electron chi connectivity index (χ1n) is 6.94. The van der Waals surface area contributed by atoms with Crippen LogP contribution in [-0.4, -0.2) is 24.5 Å². The van der Waals surface area contributed by atoms with E-state index in [-0.39, 0.29) is 18.3 Å². The number of hydrogen-bond donors (Lipinski definition) is 0. The van der Waals surface area contributed by atoms with Crippen LogP contribution in [0.5, 0.6) is 5.75 Å². The van der Waals surface area contributed by atoms with Crippen LogP contribution in [0.2, 0.25) is 0 Å². The summed E-state index contributed by atoms with van der Waals surface area (Å²) in [4.78, 5) is 13.8. The van der Waals surface area contributed by atoms with Gasteiger partial charge in [0.2, 0.25) is 0 Å². The van der Waals surface area contributed by atoms with Crippen LogP contribution in [-0.2, 0) is 6.54 Å². The number of ether oxygens (including phenoxy) is 1. The Morgan fingerprint density at radius 1 is 1.23 bits per heavy atom. The van der Waals surface area contributed by atoms with Crippen molar-refractivity contribution in [3.63, 3.8) is 0 Å². The van der Waals surface area contributed by atoms with E-state index in [4.69, 9.17) is 4.74 Å². The second kappa shape index (κ2) is 7.41.